The number of alkyl halides is 6. The Morgan fingerprint density at radius 3 is 0.784 bits per heavy atom. The fourth-order valence-corrected chi connectivity index (χ4v) is 16.7. The van der Waals surface area contributed by atoms with E-state index in [-0.39, 0.29) is 29.8 Å². The SMILES string of the molecule is O=C(C[P+](c1ccccc1)(c1ccccc1)c1ccccc1)c1ccccc1.O=C(C[P+](c1ccccc1)(c1ccccc1)c1ccccc1)c1ccccc1.[O-]B([O-])Oc1cc(C(F)(F)F)cc(C(F)(F)F)c1. The highest BCUT2D eigenvalue weighted by molar-refractivity contribution is 7.96. The van der Waals surface area contributed by atoms with Crippen molar-refractivity contribution < 1.29 is 50.6 Å². The van der Waals surface area contributed by atoms with E-state index in [0.29, 0.717) is 12.3 Å². The van der Waals surface area contributed by atoms with E-state index in [1.165, 1.54) is 31.8 Å². The number of rotatable bonds is 14. The van der Waals surface area contributed by atoms with E-state index in [2.05, 4.69) is 150 Å². The largest absolute Gasteiger partial charge is 0.860 e. The predicted molar refractivity (Wildman–Crippen MR) is 284 cm³/mol. The highest BCUT2D eigenvalue weighted by Gasteiger charge is 2.48. The van der Waals surface area contributed by atoms with Crippen LogP contribution in [0.2, 0.25) is 0 Å². The molecule has 0 aliphatic heterocycles. The first kappa shape index (κ1) is 54.3. The minimum atomic E-state index is -5.05. The summed E-state index contributed by atoms with van der Waals surface area (Å²) in [5, 5.41) is 27.6. The minimum absolute atomic E-state index is 0.141. The van der Waals surface area contributed by atoms with Crippen LogP contribution in [0, 0.1) is 0 Å². The molecule has 0 spiro atoms. The fraction of sp³-hybridized carbons (Fsp3) is 0.0667. The Kier molecular flexibility index (Phi) is 18.3. The second-order valence-electron chi connectivity index (χ2n) is 16.7. The van der Waals surface area contributed by atoms with Gasteiger partial charge in [-0.15, -0.1) is 0 Å². The molecule has 14 heteroatoms. The molecular weight excluding hydrogens is 987 g/mol. The monoisotopic (exact) mass is 1030 g/mol. The quantitative estimate of drug-likeness (QED) is 0.0469. The summed E-state index contributed by atoms with van der Waals surface area (Å²) in [6, 6.07) is 82.6. The van der Waals surface area contributed by atoms with Crippen molar-refractivity contribution in [2.24, 2.45) is 0 Å². The molecule has 74 heavy (non-hydrogen) atoms. The van der Waals surface area contributed by atoms with Gasteiger partial charge >= 0.3 is 12.4 Å². The van der Waals surface area contributed by atoms with Crippen LogP contribution in [-0.2, 0) is 12.4 Å². The molecule has 0 saturated carbocycles. The Morgan fingerprint density at radius 1 is 0.365 bits per heavy atom. The van der Waals surface area contributed by atoms with Crippen LogP contribution in [0.4, 0.5) is 26.3 Å². The van der Waals surface area contributed by atoms with Crippen molar-refractivity contribution >= 4 is 65.2 Å². The van der Waals surface area contributed by atoms with Gasteiger partial charge in [0.1, 0.15) is 66.0 Å². The van der Waals surface area contributed by atoms with Crippen molar-refractivity contribution in [3.8, 4) is 5.75 Å². The molecule has 9 aromatic carbocycles. The summed E-state index contributed by atoms with van der Waals surface area (Å²) >= 11 is 0. The first-order valence-corrected chi connectivity index (χ1v) is 27.1. The molecular formula is C60H47BF6O5P2. The molecule has 9 aromatic rings. The van der Waals surface area contributed by atoms with E-state index in [0.717, 1.165) is 11.1 Å². The molecule has 0 heterocycles. The summed E-state index contributed by atoms with van der Waals surface area (Å²) in [7, 11) is -7.27. The predicted octanol–water partition coefficient (Wildman–Crippen LogP) is 10.5. The first-order chi connectivity index (χ1) is 35.6. The zero-order chi connectivity index (χ0) is 52.6. The maximum atomic E-state index is 13.4. The number of hydrogen-bond donors (Lipinski definition) is 0. The van der Waals surface area contributed by atoms with Crippen LogP contribution in [0.3, 0.4) is 0 Å². The van der Waals surface area contributed by atoms with Crippen LogP contribution in [0.15, 0.2) is 261 Å². The van der Waals surface area contributed by atoms with Gasteiger partial charge in [-0.1, -0.05) is 170 Å². The molecule has 0 aliphatic carbocycles. The van der Waals surface area contributed by atoms with Gasteiger partial charge in [-0.25, -0.2) is 0 Å². The standard InChI is InChI=1S/2C26H22OP.C8H3BF6O3/c2*27-26(22-13-5-1-6-14-22)21-28(23-15-7-2-8-16-23,24-17-9-3-10-18-24)25-19-11-4-12-20-25;10-7(11,12)4-1-5(8(13,14)15)3-6(2-4)18-9(16)17/h2*1-20H,21H2;1-3H/q2*+1;-2. The maximum Gasteiger partial charge on any atom is 0.416 e. The molecule has 0 amide bonds. The van der Waals surface area contributed by atoms with Crippen molar-refractivity contribution in [1.82, 2.24) is 0 Å². The fourth-order valence-electron chi connectivity index (χ4n) is 8.50. The molecule has 0 unspecified atom stereocenters. The molecule has 0 radical (unpaired) electrons. The lowest BCUT2D eigenvalue weighted by molar-refractivity contribution is -0.372. The van der Waals surface area contributed by atoms with Gasteiger partial charge in [0, 0.05) is 11.1 Å². The zero-order valence-corrected chi connectivity index (χ0v) is 41.3. The van der Waals surface area contributed by atoms with Crippen molar-refractivity contribution in [1.29, 1.82) is 0 Å². The summed E-state index contributed by atoms with van der Waals surface area (Å²) in [5.41, 5.74) is -1.77. The van der Waals surface area contributed by atoms with E-state index in [1.54, 1.807) is 0 Å². The van der Waals surface area contributed by atoms with Gasteiger partial charge in [-0.05, 0) is 91.0 Å². The summed E-state index contributed by atoms with van der Waals surface area (Å²) in [6.45, 7) is 0. The van der Waals surface area contributed by atoms with E-state index in [9.17, 15) is 46.0 Å². The highest BCUT2D eigenvalue weighted by Crippen LogP contribution is 2.56. The van der Waals surface area contributed by atoms with Gasteiger partial charge in [0.25, 0.3) is 0 Å². The summed E-state index contributed by atoms with van der Waals surface area (Å²) < 4.78 is 77.5. The smallest absolute Gasteiger partial charge is 0.416 e. The Labute approximate surface area is 427 Å². The third-order valence-electron chi connectivity index (χ3n) is 11.9. The average Bonchev–Trinajstić information content (AvgIpc) is 3.44. The first-order valence-electron chi connectivity index (χ1n) is 23.2. The average molecular weight is 1030 g/mol. The second-order valence-corrected chi connectivity index (χ2v) is 23.6. The van der Waals surface area contributed by atoms with Crippen LogP contribution in [0.5, 0.6) is 5.75 Å². The summed E-state index contributed by atoms with van der Waals surface area (Å²) in [4.78, 5) is 26.8. The highest BCUT2D eigenvalue weighted by atomic mass is 31.2. The zero-order valence-electron chi connectivity index (χ0n) is 39.5. The Bertz CT molecular complexity index is 2760. The van der Waals surface area contributed by atoms with E-state index in [4.69, 9.17) is 0 Å². The Hall–Kier alpha value is -7.46. The molecule has 9 rings (SSSR count). The molecule has 0 aromatic heterocycles. The van der Waals surface area contributed by atoms with Gasteiger partial charge in [0.2, 0.25) is 11.6 Å². The number of Topliss-reactive ketones (excluding diaryl/α,β-unsaturated/α-hetero) is 2. The lowest BCUT2D eigenvalue weighted by Crippen LogP contribution is -2.50. The summed E-state index contributed by atoms with van der Waals surface area (Å²) in [5.74, 6) is -0.705. The number of hydrogen-bond acceptors (Lipinski definition) is 5. The normalized spacial score (nSPS) is 11.5. The van der Waals surface area contributed by atoms with Crippen molar-refractivity contribution in [3.05, 3.63) is 283 Å². The molecule has 0 bridgehead atoms. The van der Waals surface area contributed by atoms with Crippen molar-refractivity contribution in [2.45, 2.75) is 12.4 Å². The van der Waals surface area contributed by atoms with E-state index >= 15 is 0 Å². The van der Waals surface area contributed by atoms with E-state index in [1.807, 2.05) is 97.1 Å². The number of halogens is 6. The number of benzene rings is 9. The van der Waals surface area contributed by atoms with Gasteiger partial charge in [-0.3, -0.25) is 9.59 Å². The Morgan fingerprint density at radius 2 is 0.581 bits per heavy atom. The lowest BCUT2D eigenvalue weighted by Gasteiger charge is -2.27. The van der Waals surface area contributed by atoms with Gasteiger partial charge in [0.15, 0.2) is 0 Å². The minimum Gasteiger partial charge on any atom is -0.860 e. The van der Waals surface area contributed by atoms with Crippen LogP contribution >= 0.6 is 14.5 Å². The van der Waals surface area contributed by atoms with Crippen LogP contribution in [0.25, 0.3) is 0 Å². The van der Waals surface area contributed by atoms with Crippen LogP contribution in [-0.4, -0.2) is 31.2 Å². The van der Waals surface area contributed by atoms with Crippen LogP contribution in [0.1, 0.15) is 31.8 Å². The third-order valence-corrected chi connectivity index (χ3v) is 20.5. The Balaban J connectivity index is 0.000000167. The maximum absolute atomic E-state index is 13.4. The molecule has 5 nitrogen and oxygen atoms in total. The molecule has 0 atom stereocenters. The van der Waals surface area contributed by atoms with Gasteiger partial charge in [0.05, 0.1) is 16.9 Å². The van der Waals surface area contributed by atoms with Crippen molar-refractivity contribution in [3.63, 3.8) is 0 Å². The number of ketones is 2. The van der Waals surface area contributed by atoms with Crippen molar-refractivity contribution in [2.75, 3.05) is 12.3 Å². The van der Waals surface area contributed by atoms with Gasteiger partial charge in [-0.2, -0.15) is 26.3 Å². The molecule has 0 N–H and O–H groups in total. The molecule has 0 saturated heterocycles. The van der Waals surface area contributed by atoms with Gasteiger partial charge < -0.3 is 14.7 Å². The lowest BCUT2D eigenvalue weighted by atomic mass is 10.1. The molecule has 372 valence electrons. The molecule has 0 aliphatic rings. The topological polar surface area (TPSA) is 89.5 Å². The third kappa shape index (κ3) is 13.6. The molecule has 0 fully saturated rings. The van der Waals surface area contributed by atoms with Crippen LogP contribution < -0.4 is 46.5 Å². The summed E-state index contributed by atoms with van der Waals surface area (Å²) in [6.07, 6.45) is -9.15. The number of carbonyl (C=O) groups excluding carboxylic acids is 2. The van der Waals surface area contributed by atoms with E-state index < -0.39 is 51.1 Å². The number of carbonyl (C=O) groups is 2. The second kappa shape index (κ2) is 25.0.